The summed E-state index contributed by atoms with van der Waals surface area (Å²) in [6.07, 6.45) is 10.3. The van der Waals surface area contributed by atoms with E-state index in [1.165, 1.54) is 6.42 Å². The van der Waals surface area contributed by atoms with Gasteiger partial charge in [-0.1, -0.05) is 0 Å². The van der Waals surface area contributed by atoms with Crippen molar-refractivity contribution in [1.82, 2.24) is 19.4 Å². The highest BCUT2D eigenvalue weighted by Crippen LogP contribution is 2.13. The number of pyridine rings is 1. The lowest BCUT2D eigenvalue weighted by molar-refractivity contribution is 0.0724. The molecular weight excluding hydrogens is 240 g/mol. The van der Waals surface area contributed by atoms with Gasteiger partial charge in [-0.25, -0.2) is 9.97 Å². The maximum Gasteiger partial charge on any atom is 0.255 e. The molecule has 0 bridgehead atoms. The van der Waals surface area contributed by atoms with E-state index >= 15 is 0 Å². The van der Waals surface area contributed by atoms with Crippen LogP contribution >= 0.6 is 0 Å². The maximum atomic E-state index is 12.3. The number of nitrogens with zero attached hydrogens (tertiary/aromatic N) is 4. The number of hydrogen-bond donors (Lipinski definition) is 0. The zero-order valence-corrected chi connectivity index (χ0v) is 10.7. The smallest absolute Gasteiger partial charge is 0.255 e. The zero-order chi connectivity index (χ0) is 13.1. The van der Waals surface area contributed by atoms with Gasteiger partial charge in [0.1, 0.15) is 12.1 Å². The van der Waals surface area contributed by atoms with Gasteiger partial charge in [-0.15, -0.1) is 0 Å². The summed E-state index contributed by atoms with van der Waals surface area (Å²) >= 11 is 0. The Bertz CT molecular complexity index is 541. The largest absolute Gasteiger partial charge is 0.339 e. The Morgan fingerprint density at radius 3 is 2.63 bits per heavy atom. The summed E-state index contributed by atoms with van der Waals surface area (Å²) < 4.78 is 1.81. The molecule has 2 aromatic heterocycles. The summed E-state index contributed by atoms with van der Waals surface area (Å²) in [4.78, 5) is 22.5. The maximum absolute atomic E-state index is 12.3. The van der Waals surface area contributed by atoms with Gasteiger partial charge in [-0.3, -0.25) is 9.36 Å². The quantitative estimate of drug-likeness (QED) is 0.824. The number of rotatable bonds is 2. The Hall–Kier alpha value is -2.17. The number of carbonyl (C=O) groups is 1. The van der Waals surface area contributed by atoms with E-state index in [9.17, 15) is 4.79 Å². The standard InChI is InChI=1S/C14H16N4O/c19-14(17-7-2-1-3-8-17)12-4-5-13(16-10-12)18-9-6-15-11-18/h4-6,9-11H,1-3,7-8H2. The summed E-state index contributed by atoms with van der Waals surface area (Å²) in [7, 11) is 0. The van der Waals surface area contributed by atoms with Crippen LogP contribution in [0.3, 0.4) is 0 Å². The lowest BCUT2D eigenvalue weighted by Gasteiger charge is -2.26. The van der Waals surface area contributed by atoms with Crippen LogP contribution in [0.1, 0.15) is 29.6 Å². The number of hydrogen-bond acceptors (Lipinski definition) is 3. The second kappa shape index (κ2) is 5.22. The minimum atomic E-state index is 0.0874. The van der Waals surface area contributed by atoms with Gasteiger partial charge in [-0.2, -0.15) is 0 Å². The monoisotopic (exact) mass is 256 g/mol. The van der Waals surface area contributed by atoms with E-state index in [1.807, 2.05) is 27.8 Å². The van der Waals surface area contributed by atoms with E-state index in [0.29, 0.717) is 5.56 Å². The van der Waals surface area contributed by atoms with Crippen molar-refractivity contribution in [1.29, 1.82) is 0 Å². The third kappa shape index (κ3) is 2.50. The average molecular weight is 256 g/mol. The molecule has 5 nitrogen and oxygen atoms in total. The van der Waals surface area contributed by atoms with Gasteiger partial charge in [-0.05, 0) is 31.4 Å². The molecule has 5 heteroatoms. The second-order valence-electron chi connectivity index (χ2n) is 4.73. The Kier molecular flexibility index (Phi) is 3.27. The molecule has 0 unspecified atom stereocenters. The number of carbonyl (C=O) groups excluding carboxylic acids is 1. The van der Waals surface area contributed by atoms with Gasteiger partial charge in [0.25, 0.3) is 5.91 Å². The molecule has 1 fully saturated rings. The molecule has 0 N–H and O–H groups in total. The Labute approximate surface area is 111 Å². The van der Waals surface area contributed by atoms with Crippen LogP contribution in [0.15, 0.2) is 37.1 Å². The van der Waals surface area contributed by atoms with Crippen molar-refractivity contribution in [2.24, 2.45) is 0 Å². The first-order valence-corrected chi connectivity index (χ1v) is 6.58. The van der Waals surface area contributed by atoms with Crippen molar-refractivity contribution < 1.29 is 4.79 Å². The van der Waals surface area contributed by atoms with E-state index in [0.717, 1.165) is 31.7 Å². The highest BCUT2D eigenvalue weighted by atomic mass is 16.2. The SMILES string of the molecule is O=C(c1ccc(-n2ccnc2)nc1)N1CCCCC1. The van der Waals surface area contributed by atoms with Crippen molar-refractivity contribution in [3.05, 3.63) is 42.6 Å². The predicted molar refractivity (Wildman–Crippen MR) is 71.1 cm³/mol. The minimum Gasteiger partial charge on any atom is -0.339 e. The third-order valence-corrected chi connectivity index (χ3v) is 3.41. The fourth-order valence-corrected chi connectivity index (χ4v) is 2.34. The van der Waals surface area contributed by atoms with Crippen LogP contribution in [-0.4, -0.2) is 38.4 Å². The van der Waals surface area contributed by atoms with Crippen LogP contribution in [0.4, 0.5) is 0 Å². The number of piperidine rings is 1. The second-order valence-corrected chi connectivity index (χ2v) is 4.73. The summed E-state index contributed by atoms with van der Waals surface area (Å²) in [6.45, 7) is 1.73. The molecule has 0 radical (unpaired) electrons. The Morgan fingerprint density at radius 1 is 1.16 bits per heavy atom. The number of amides is 1. The molecular formula is C14H16N4O. The molecule has 1 aliphatic rings. The molecule has 19 heavy (non-hydrogen) atoms. The van der Waals surface area contributed by atoms with E-state index in [4.69, 9.17) is 0 Å². The molecule has 3 rings (SSSR count). The molecule has 1 saturated heterocycles. The van der Waals surface area contributed by atoms with Crippen molar-refractivity contribution in [3.63, 3.8) is 0 Å². The lowest BCUT2D eigenvalue weighted by Crippen LogP contribution is -2.35. The summed E-state index contributed by atoms with van der Waals surface area (Å²) in [6, 6.07) is 3.68. The normalized spacial score (nSPS) is 15.5. The van der Waals surface area contributed by atoms with Crippen LogP contribution in [0, 0.1) is 0 Å². The molecule has 0 aliphatic carbocycles. The van der Waals surface area contributed by atoms with Gasteiger partial charge in [0, 0.05) is 31.7 Å². The fourth-order valence-electron chi connectivity index (χ4n) is 2.34. The van der Waals surface area contributed by atoms with E-state index in [1.54, 1.807) is 18.7 Å². The van der Waals surface area contributed by atoms with E-state index in [-0.39, 0.29) is 5.91 Å². The molecule has 0 atom stereocenters. The highest BCUT2D eigenvalue weighted by Gasteiger charge is 2.18. The minimum absolute atomic E-state index is 0.0874. The first kappa shape index (κ1) is 11.9. The zero-order valence-electron chi connectivity index (χ0n) is 10.7. The molecule has 0 aromatic carbocycles. The summed E-state index contributed by atoms with van der Waals surface area (Å²) in [5, 5.41) is 0. The van der Waals surface area contributed by atoms with Crippen molar-refractivity contribution in [2.75, 3.05) is 13.1 Å². The molecule has 1 aliphatic heterocycles. The molecule has 98 valence electrons. The van der Waals surface area contributed by atoms with Gasteiger partial charge in [0.05, 0.1) is 5.56 Å². The molecule has 0 saturated carbocycles. The van der Waals surface area contributed by atoms with Crippen LogP contribution < -0.4 is 0 Å². The van der Waals surface area contributed by atoms with Gasteiger partial charge < -0.3 is 4.90 Å². The summed E-state index contributed by atoms with van der Waals surface area (Å²) in [5.74, 6) is 0.858. The first-order valence-electron chi connectivity index (χ1n) is 6.58. The highest BCUT2D eigenvalue weighted by molar-refractivity contribution is 5.94. The van der Waals surface area contributed by atoms with Gasteiger partial charge >= 0.3 is 0 Å². The van der Waals surface area contributed by atoms with Crippen LogP contribution in [0.2, 0.25) is 0 Å². The molecule has 3 heterocycles. The number of aromatic nitrogens is 3. The fraction of sp³-hybridized carbons (Fsp3) is 0.357. The van der Waals surface area contributed by atoms with Crippen molar-refractivity contribution in [3.8, 4) is 5.82 Å². The van der Waals surface area contributed by atoms with Crippen LogP contribution in [-0.2, 0) is 0 Å². The van der Waals surface area contributed by atoms with Crippen molar-refractivity contribution >= 4 is 5.91 Å². The Balaban J connectivity index is 1.76. The van der Waals surface area contributed by atoms with Crippen molar-refractivity contribution in [2.45, 2.75) is 19.3 Å². The average Bonchev–Trinajstić information content (AvgIpc) is 3.02. The molecule has 2 aromatic rings. The van der Waals surface area contributed by atoms with Crippen LogP contribution in [0.5, 0.6) is 0 Å². The molecule has 1 amide bonds. The summed E-state index contributed by atoms with van der Waals surface area (Å²) in [5.41, 5.74) is 0.658. The lowest BCUT2D eigenvalue weighted by atomic mass is 10.1. The van der Waals surface area contributed by atoms with Crippen LogP contribution in [0.25, 0.3) is 5.82 Å². The van der Waals surface area contributed by atoms with E-state index in [2.05, 4.69) is 9.97 Å². The predicted octanol–water partition coefficient (Wildman–Crippen LogP) is 1.89. The topological polar surface area (TPSA) is 51.0 Å². The van der Waals surface area contributed by atoms with E-state index < -0.39 is 0 Å². The third-order valence-electron chi connectivity index (χ3n) is 3.41. The number of likely N-dealkylation sites (tertiary alicyclic amines) is 1. The number of imidazole rings is 1. The Morgan fingerprint density at radius 2 is 2.00 bits per heavy atom. The van der Waals surface area contributed by atoms with Gasteiger partial charge in [0.2, 0.25) is 0 Å². The molecule has 0 spiro atoms. The first-order chi connectivity index (χ1) is 9.34. The van der Waals surface area contributed by atoms with Gasteiger partial charge in [0.15, 0.2) is 0 Å².